The van der Waals surface area contributed by atoms with E-state index in [1.807, 2.05) is 0 Å². The van der Waals surface area contributed by atoms with E-state index in [-0.39, 0.29) is 5.69 Å². The number of anilines is 6. The number of aromatic nitrogens is 4. The van der Waals surface area contributed by atoms with Crippen LogP contribution in [0.5, 0.6) is 5.75 Å². The zero-order valence-electron chi connectivity index (χ0n) is 28.7. The number of fused-ring (bicyclic) bond motifs is 1. The first kappa shape index (κ1) is 35.1. The fraction of sp³-hybridized carbons (Fsp3) is 0.471. The van der Waals surface area contributed by atoms with Crippen LogP contribution in [-0.4, -0.2) is 103 Å². The third-order valence-corrected chi connectivity index (χ3v) is 10.5. The van der Waals surface area contributed by atoms with Crippen molar-refractivity contribution < 1.29 is 13.2 Å². The topological polar surface area (TPSA) is 141 Å². The molecule has 262 valence electrons. The maximum Gasteiger partial charge on any atom is 0.229 e. The number of benzene rings is 2. The van der Waals surface area contributed by atoms with Gasteiger partial charge in [0.1, 0.15) is 17.1 Å². The van der Waals surface area contributed by atoms with Gasteiger partial charge in [-0.25, -0.2) is 13.4 Å². The van der Waals surface area contributed by atoms with E-state index in [2.05, 4.69) is 93.8 Å². The number of sulfonamides is 1. The van der Waals surface area contributed by atoms with Crippen molar-refractivity contribution in [1.82, 2.24) is 29.7 Å². The molecule has 2 aromatic carbocycles. The van der Waals surface area contributed by atoms with Gasteiger partial charge in [0.05, 0.1) is 40.4 Å². The molecule has 0 saturated carbocycles. The summed E-state index contributed by atoms with van der Waals surface area (Å²) in [5.74, 6) is 1.47. The van der Waals surface area contributed by atoms with Crippen molar-refractivity contribution in [3.05, 3.63) is 52.9 Å². The lowest BCUT2D eigenvalue weighted by atomic mass is 9.99. The second kappa shape index (κ2) is 15.0. The molecule has 0 unspecified atom stereocenters. The normalized spacial score (nSPS) is 16.7. The first-order chi connectivity index (χ1) is 23.5. The van der Waals surface area contributed by atoms with Crippen molar-refractivity contribution in [3.63, 3.8) is 0 Å². The van der Waals surface area contributed by atoms with Gasteiger partial charge < -0.3 is 20.3 Å². The molecule has 6 rings (SSSR count). The number of hydrogen-bond acceptors (Lipinski definition) is 12. The second-order valence-corrected chi connectivity index (χ2v) is 15.4. The Bertz CT molecular complexity index is 1900. The number of ether oxygens (including phenoxy) is 1. The van der Waals surface area contributed by atoms with Gasteiger partial charge >= 0.3 is 0 Å². The second-order valence-electron chi connectivity index (χ2n) is 12.8. The van der Waals surface area contributed by atoms with E-state index < -0.39 is 10.0 Å². The van der Waals surface area contributed by atoms with Crippen LogP contribution in [0.25, 0.3) is 11.0 Å². The predicted molar refractivity (Wildman–Crippen MR) is 200 cm³/mol. The highest BCUT2D eigenvalue weighted by Gasteiger charge is 2.29. The molecule has 2 aromatic heterocycles. The Kier molecular flexibility index (Phi) is 10.7. The van der Waals surface area contributed by atoms with Crippen LogP contribution in [-0.2, 0) is 16.4 Å². The summed E-state index contributed by atoms with van der Waals surface area (Å²) in [6, 6.07) is 9.00. The quantitative estimate of drug-likeness (QED) is 0.176. The summed E-state index contributed by atoms with van der Waals surface area (Å²) in [6.45, 7) is 13.4. The van der Waals surface area contributed by atoms with Crippen LogP contribution in [0, 0.1) is 0 Å². The monoisotopic (exact) mass is 752 g/mol. The largest absolute Gasteiger partial charge is 0.494 e. The average Bonchev–Trinajstić information content (AvgIpc) is 3.10. The molecule has 2 aliphatic heterocycles. The maximum atomic E-state index is 12.3. The highest BCUT2D eigenvalue weighted by molar-refractivity contribution is 9.10. The molecule has 0 radical (unpaired) electrons. The predicted octanol–water partition coefficient (Wildman–Crippen LogP) is 5.61. The molecule has 0 bridgehead atoms. The van der Waals surface area contributed by atoms with E-state index in [1.165, 1.54) is 17.4 Å². The van der Waals surface area contributed by atoms with Gasteiger partial charge in [0.15, 0.2) is 0 Å². The van der Waals surface area contributed by atoms with Crippen LogP contribution < -0.4 is 25.0 Å². The van der Waals surface area contributed by atoms with Crippen molar-refractivity contribution in [1.29, 1.82) is 0 Å². The van der Waals surface area contributed by atoms with Gasteiger partial charge in [-0.2, -0.15) is 4.98 Å². The number of piperidine rings is 1. The summed E-state index contributed by atoms with van der Waals surface area (Å²) in [5, 5.41) is 6.60. The van der Waals surface area contributed by atoms with Gasteiger partial charge in [0.25, 0.3) is 0 Å². The molecule has 2 fully saturated rings. The van der Waals surface area contributed by atoms with Gasteiger partial charge in [-0.05, 0) is 72.8 Å². The summed E-state index contributed by atoms with van der Waals surface area (Å²) in [6.07, 6.45) is 8.97. The summed E-state index contributed by atoms with van der Waals surface area (Å²) in [5.41, 5.74) is 4.88. The molecule has 0 spiro atoms. The molecule has 2 saturated heterocycles. The molecular weight excluding hydrogens is 708 g/mol. The molecule has 3 N–H and O–H groups in total. The number of halogens is 1. The molecular formula is C34H45BrN10O3S. The van der Waals surface area contributed by atoms with Crippen molar-refractivity contribution in [2.45, 2.75) is 52.1 Å². The zero-order chi connectivity index (χ0) is 34.7. The van der Waals surface area contributed by atoms with Crippen LogP contribution in [0.4, 0.5) is 34.5 Å². The molecule has 4 heterocycles. The summed E-state index contributed by atoms with van der Waals surface area (Å²) in [4.78, 5) is 25.7. The van der Waals surface area contributed by atoms with E-state index in [1.54, 1.807) is 31.6 Å². The van der Waals surface area contributed by atoms with Crippen LogP contribution in [0.1, 0.15) is 39.2 Å². The molecule has 0 atom stereocenters. The van der Waals surface area contributed by atoms with E-state index in [4.69, 9.17) is 9.72 Å². The summed E-state index contributed by atoms with van der Waals surface area (Å²) < 4.78 is 33.6. The Hall–Kier alpha value is -3.79. The van der Waals surface area contributed by atoms with Crippen molar-refractivity contribution in [2.75, 3.05) is 72.9 Å². The molecule has 15 heteroatoms. The van der Waals surface area contributed by atoms with E-state index in [0.29, 0.717) is 50.8 Å². The highest BCUT2D eigenvalue weighted by Crippen LogP contribution is 2.38. The average molecular weight is 754 g/mol. The van der Waals surface area contributed by atoms with Crippen LogP contribution in [0.2, 0.25) is 0 Å². The van der Waals surface area contributed by atoms with Gasteiger partial charge in [-0.1, -0.05) is 6.92 Å². The number of aryl methyl sites for hydroxylation is 1. The smallest absolute Gasteiger partial charge is 0.229 e. The third-order valence-electron chi connectivity index (χ3n) is 9.35. The molecule has 13 nitrogen and oxygen atoms in total. The van der Waals surface area contributed by atoms with E-state index in [0.717, 1.165) is 70.5 Å². The van der Waals surface area contributed by atoms with Gasteiger partial charge in [0.2, 0.25) is 16.0 Å². The minimum Gasteiger partial charge on any atom is -0.494 e. The molecule has 2 aliphatic rings. The SMILES string of the molecule is CCc1cc(Nc2ncc(Br)c(Nc3ccc4nccnc4c3NS(C)(=O)=O)n2)c(OC)cc1N1CCC(N2CCN(C(C)C)CC2)CC1. The Morgan fingerprint density at radius 2 is 1.71 bits per heavy atom. The first-order valence-electron chi connectivity index (χ1n) is 16.7. The summed E-state index contributed by atoms with van der Waals surface area (Å²) in [7, 11) is -1.94. The number of methoxy groups -OCH3 is 1. The zero-order valence-corrected chi connectivity index (χ0v) is 31.1. The lowest BCUT2D eigenvalue weighted by molar-refractivity contribution is 0.0692. The molecule has 4 aromatic rings. The number of nitrogens with one attached hydrogen (secondary N) is 3. The minimum atomic E-state index is -3.62. The number of hydrogen-bond donors (Lipinski definition) is 3. The van der Waals surface area contributed by atoms with Crippen molar-refractivity contribution in [3.8, 4) is 5.75 Å². The van der Waals surface area contributed by atoms with Crippen LogP contribution >= 0.6 is 15.9 Å². The van der Waals surface area contributed by atoms with Crippen LogP contribution in [0.3, 0.4) is 0 Å². The minimum absolute atomic E-state index is 0.274. The Morgan fingerprint density at radius 1 is 0.980 bits per heavy atom. The lowest BCUT2D eigenvalue weighted by Gasteiger charge is -2.44. The number of piperazine rings is 1. The van der Waals surface area contributed by atoms with Crippen molar-refractivity contribution >= 4 is 71.5 Å². The Balaban J connectivity index is 1.20. The van der Waals surface area contributed by atoms with E-state index >= 15 is 0 Å². The van der Waals surface area contributed by atoms with Gasteiger partial charge in [-0.3, -0.25) is 24.5 Å². The summed E-state index contributed by atoms with van der Waals surface area (Å²) >= 11 is 3.53. The molecule has 0 aliphatic carbocycles. The fourth-order valence-corrected chi connectivity index (χ4v) is 7.61. The van der Waals surface area contributed by atoms with Crippen molar-refractivity contribution in [2.24, 2.45) is 0 Å². The number of nitrogens with zero attached hydrogens (tertiary/aromatic N) is 7. The van der Waals surface area contributed by atoms with E-state index in [9.17, 15) is 8.42 Å². The van der Waals surface area contributed by atoms with Gasteiger partial charge in [-0.15, -0.1) is 0 Å². The fourth-order valence-electron chi connectivity index (χ4n) is 6.74. The standard InChI is InChI=1S/C34H45BrN10O3S/c1-6-23-19-28(30(48-4)20-29(23)45-13-9-24(10-14-45)44-17-15-43(16-18-44)22(2)3)40-34-38-21-25(35)33(41-34)39-27-8-7-26-31(37-12-11-36-26)32(27)42-49(5,46)47/h7-8,11-12,19-22,24,42H,6,9-10,13-18H2,1-5H3,(H2,38,39,40,41). The number of rotatable bonds is 11. The third kappa shape index (κ3) is 8.17. The van der Waals surface area contributed by atoms with Crippen LogP contribution in [0.15, 0.2) is 47.3 Å². The Labute approximate surface area is 297 Å². The molecule has 49 heavy (non-hydrogen) atoms. The molecule has 0 amide bonds. The lowest BCUT2D eigenvalue weighted by Crippen LogP contribution is -2.54. The maximum absolute atomic E-state index is 12.3. The first-order valence-corrected chi connectivity index (χ1v) is 19.4. The highest BCUT2D eigenvalue weighted by atomic mass is 79.9. The Morgan fingerprint density at radius 3 is 2.39 bits per heavy atom. The van der Waals surface area contributed by atoms with Gasteiger partial charge in [0, 0.05) is 81.7 Å².